The molecular formula is C18H15ClN2O7S. The highest BCUT2D eigenvalue weighted by atomic mass is 35.5. The molecule has 4 atom stereocenters. The number of aliphatic hydroxyl groups is 3. The van der Waals surface area contributed by atoms with Gasteiger partial charge in [0.25, 0.3) is 5.91 Å². The van der Waals surface area contributed by atoms with Gasteiger partial charge < -0.3 is 31.9 Å². The van der Waals surface area contributed by atoms with E-state index in [1.165, 1.54) is 12.1 Å². The maximum atomic E-state index is 13.3. The monoisotopic (exact) mass is 438 g/mol. The number of Topliss-reactive ketones (excluding diaryl/α,β-unsaturated/α-hetero) is 2. The summed E-state index contributed by atoms with van der Waals surface area (Å²) in [5.74, 6) is -6.85. The van der Waals surface area contributed by atoms with Crippen molar-refractivity contribution in [1.82, 2.24) is 0 Å². The number of ketones is 2. The number of hydrogen-bond donors (Lipinski definition) is 6. The molecule has 11 heteroatoms. The molecule has 9 nitrogen and oxygen atoms in total. The second-order valence-electron chi connectivity index (χ2n) is 7.06. The predicted octanol–water partition coefficient (Wildman–Crippen LogP) is 0.317. The van der Waals surface area contributed by atoms with Crippen LogP contribution < -0.4 is 11.5 Å². The first kappa shape index (κ1) is 19.8. The van der Waals surface area contributed by atoms with Gasteiger partial charge in [0.05, 0.1) is 22.2 Å². The standard InChI is InChI=1S/C18H15ClN2O7S/c19-5-1-2-6(22)8-12(23)9-7(29-14(5)8)3-4-11(20)13(24)10(17(21)27)16(26)18(4,28)15(9)25/h1-2,4,7,11,22-23,26,28H,3,20H2,(H2,21,27). The molecule has 1 fully saturated rings. The van der Waals surface area contributed by atoms with E-state index in [2.05, 4.69) is 0 Å². The van der Waals surface area contributed by atoms with Gasteiger partial charge in [0.1, 0.15) is 22.8 Å². The van der Waals surface area contributed by atoms with Crippen LogP contribution in [-0.2, 0) is 14.4 Å². The molecule has 1 aliphatic heterocycles. The quantitative estimate of drug-likeness (QED) is 0.336. The number of primary amides is 1. The fourth-order valence-corrected chi connectivity index (χ4v) is 5.87. The lowest BCUT2D eigenvalue weighted by Gasteiger charge is -2.47. The molecule has 0 aromatic heterocycles. The smallest absolute Gasteiger partial charge is 0.255 e. The summed E-state index contributed by atoms with van der Waals surface area (Å²) in [6, 6.07) is 1.18. The molecule has 4 rings (SSSR count). The number of aliphatic hydroxyl groups excluding tert-OH is 2. The lowest BCUT2D eigenvalue weighted by atomic mass is 9.62. The molecule has 0 spiro atoms. The lowest BCUT2D eigenvalue weighted by molar-refractivity contribution is -0.147. The highest BCUT2D eigenvalue weighted by Crippen LogP contribution is 2.55. The Labute approximate surface area is 172 Å². The molecule has 2 aliphatic carbocycles. The van der Waals surface area contributed by atoms with Crippen molar-refractivity contribution < 1.29 is 34.8 Å². The molecule has 152 valence electrons. The summed E-state index contributed by atoms with van der Waals surface area (Å²) in [5.41, 5.74) is 7.00. The third-order valence-electron chi connectivity index (χ3n) is 5.58. The van der Waals surface area contributed by atoms with Gasteiger partial charge in [-0.3, -0.25) is 14.4 Å². The lowest BCUT2D eigenvalue weighted by Crippen LogP contribution is -2.65. The maximum absolute atomic E-state index is 13.3. The number of hydrogen-bond acceptors (Lipinski definition) is 9. The summed E-state index contributed by atoms with van der Waals surface area (Å²) >= 11 is 7.22. The van der Waals surface area contributed by atoms with E-state index >= 15 is 0 Å². The zero-order valence-corrected chi connectivity index (χ0v) is 16.1. The van der Waals surface area contributed by atoms with E-state index in [-0.39, 0.29) is 28.3 Å². The molecule has 0 saturated heterocycles. The number of phenolic OH excluding ortho intramolecular Hbond substituents is 1. The first-order valence-electron chi connectivity index (χ1n) is 8.43. The minimum atomic E-state index is -2.72. The molecule has 8 N–H and O–H groups in total. The van der Waals surface area contributed by atoms with E-state index in [9.17, 15) is 34.8 Å². The van der Waals surface area contributed by atoms with Gasteiger partial charge in [-0.25, -0.2) is 0 Å². The second-order valence-corrected chi connectivity index (χ2v) is 8.68. The van der Waals surface area contributed by atoms with Crippen LogP contribution in [-0.4, -0.2) is 54.8 Å². The molecule has 0 radical (unpaired) electrons. The van der Waals surface area contributed by atoms with E-state index in [0.717, 1.165) is 11.8 Å². The zero-order valence-electron chi connectivity index (χ0n) is 14.5. The van der Waals surface area contributed by atoms with Crippen molar-refractivity contribution in [2.75, 3.05) is 0 Å². The summed E-state index contributed by atoms with van der Waals surface area (Å²) in [4.78, 5) is 37.6. The number of benzene rings is 1. The first-order valence-corrected chi connectivity index (χ1v) is 9.69. The largest absolute Gasteiger partial charge is 0.508 e. The molecule has 1 heterocycles. The number of thioether (sulfide) groups is 1. The molecule has 3 aliphatic rings. The van der Waals surface area contributed by atoms with E-state index in [0.29, 0.717) is 4.90 Å². The molecule has 1 aromatic carbocycles. The van der Waals surface area contributed by atoms with Gasteiger partial charge in [-0.15, -0.1) is 11.8 Å². The van der Waals surface area contributed by atoms with Crippen LogP contribution in [0, 0.1) is 5.92 Å². The van der Waals surface area contributed by atoms with Crippen LogP contribution in [0.4, 0.5) is 0 Å². The summed E-state index contributed by atoms with van der Waals surface area (Å²) in [6.07, 6.45) is -0.0965. The van der Waals surface area contributed by atoms with Crippen molar-refractivity contribution in [3.05, 3.63) is 39.6 Å². The van der Waals surface area contributed by atoms with Gasteiger partial charge in [0.15, 0.2) is 11.4 Å². The highest BCUT2D eigenvalue weighted by molar-refractivity contribution is 8.00. The summed E-state index contributed by atoms with van der Waals surface area (Å²) in [6.45, 7) is 0. The maximum Gasteiger partial charge on any atom is 0.255 e. The van der Waals surface area contributed by atoms with E-state index in [1.54, 1.807) is 0 Å². The summed E-state index contributed by atoms with van der Waals surface area (Å²) < 4.78 is 0. The van der Waals surface area contributed by atoms with Crippen LogP contribution in [0.2, 0.25) is 5.02 Å². The number of phenols is 1. The zero-order chi connectivity index (χ0) is 21.4. The van der Waals surface area contributed by atoms with Crippen molar-refractivity contribution in [3.8, 4) is 5.75 Å². The van der Waals surface area contributed by atoms with E-state index in [1.807, 2.05) is 0 Å². The number of amides is 1. The van der Waals surface area contributed by atoms with Crippen molar-refractivity contribution in [2.45, 2.75) is 28.2 Å². The molecule has 1 aromatic rings. The normalized spacial score (nSPS) is 31.3. The Morgan fingerprint density at radius 1 is 1.24 bits per heavy atom. The van der Waals surface area contributed by atoms with Crippen LogP contribution in [0.25, 0.3) is 5.76 Å². The molecular weight excluding hydrogens is 424 g/mol. The van der Waals surface area contributed by atoms with E-state index < -0.39 is 57.4 Å². The number of carbonyl (C=O) groups excluding carboxylic acids is 3. The molecule has 1 amide bonds. The molecule has 29 heavy (non-hydrogen) atoms. The van der Waals surface area contributed by atoms with Gasteiger partial charge in [-0.2, -0.15) is 0 Å². The second kappa shape index (κ2) is 6.23. The number of halogens is 1. The Kier molecular flexibility index (Phi) is 4.25. The van der Waals surface area contributed by atoms with E-state index in [4.69, 9.17) is 23.1 Å². The summed E-state index contributed by atoms with van der Waals surface area (Å²) in [7, 11) is 0. The van der Waals surface area contributed by atoms with Crippen LogP contribution in [0.3, 0.4) is 0 Å². The van der Waals surface area contributed by atoms with Crippen LogP contribution in [0.5, 0.6) is 5.75 Å². The predicted molar refractivity (Wildman–Crippen MR) is 102 cm³/mol. The Hall–Kier alpha value is -2.53. The number of aromatic hydroxyl groups is 1. The number of carbonyl (C=O) groups is 3. The van der Waals surface area contributed by atoms with Crippen molar-refractivity contribution in [1.29, 1.82) is 0 Å². The van der Waals surface area contributed by atoms with Crippen molar-refractivity contribution in [2.24, 2.45) is 17.4 Å². The SMILES string of the molecule is NC(=O)C1=C(O)C2(O)C(=O)C3=C(O)c4c(O)ccc(Cl)c4SC3CC2C(N)C1=O. The Bertz CT molecular complexity index is 1080. The highest BCUT2D eigenvalue weighted by Gasteiger charge is 2.63. The topological polar surface area (TPSA) is 184 Å². The fourth-order valence-electron chi connectivity index (χ4n) is 4.16. The minimum absolute atomic E-state index is 0.0843. The number of rotatable bonds is 1. The van der Waals surface area contributed by atoms with Gasteiger partial charge in [0.2, 0.25) is 5.78 Å². The van der Waals surface area contributed by atoms with Crippen molar-refractivity contribution in [3.63, 3.8) is 0 Å². The number of nitrogens with two attached hydrogens (primary N) is 2. The van der Waals surface area contributed by atoms with Crippen molar-refractivity contribution >= 4 is 46.6 Å². The first-order chi connectivity index (χ1) is 13.5. The number of fused-ring (bicyclic) bond motifs is 3. The van der Waals surface area contributed by atoms with Gasteiger partial charge in [-0.05, 0) is 18.6 Å². The summed E-state index contributed by atoms with van der Waals surface area (Å²) in [5, 5.41) is 41.9. The molecule has 4 unspecified atom stereocenters. The average molecular weight is 439 g/mol. The van der Waals surface area contributed by atoms with Crippen LogP contribution >= 0.6 is 23.4 Å². The Morgan fingerprint density at radius 3 is 2.52 bits per heavy atom. The Balaban J connectivity index is 1.98. The van der Waals surface area contributed by atoms with Gasteiger partial charge >= 0.3 is 0 Å². The average Bonchev–Trinajstić information content (AvgIpc) is 2.65. The molecule has 1 saturated carbocycles. The minimum Gasteiger partial charge on any atom is -0.508 e. The molecule has 0 bridgehead atoms. The van der Waals surface area contributed by atoms with Gasteiger partial charge in [-0.1, -0.05) is 11.6 Å². The Morgan fingerprint density at radius 2 is 1.90 bits per heavy atom. The van der Waals surface area contributed by atoms with Crippen LogP contribution in [0.1, 0.15) is 12.0 Å². The fraction of sp³-hybridized carbons (Fsp3) is 0.278. The third-order valence-corrected chi connectivity index (χ3v) is 7.38. The third kappa shape index (κ3) is 2.40. The van der Waals surface area contributed by atoms with Crippen LogP contribution in [0.15, 0.2) is 33.9 Å². The van der Waals surface area contributed by atoms with Gasteiger partial charge in [0, 0.05) is 16.1 Å².